The van der Waals surface area contributed by atoms with Crippen molar-refractivity contribution in [3.63, 3.8) is 0 Å². The Labute approximate surface area is 202 Å². The molecule has 0 saturated heterocycles. The maximum Gasteiger partial charge on any atom is 0.514 e. The summed E-state index contributed by atoms with van der Waals surface area (Å²) in [5, 5.41) is 15.7. The van der Waals surface area contributed by atoms with Gasteiger partial charge >= 0.3 is 12.2 Å². The molecule has 0 aromatic heterocycles. The van der Waals surface area contributed by atoms with Crippen molar-refractivity contribution in [3.8, 4) is 5.75 Å². The predicted molar refractivity (Wildman–Crippen MR) is 128 cm³/mol. The van der Waals surface area contributed by atoms with Crippen molar-refractivity contribution in [2.75, 3.05) is 5.32 Å². The van der Waals surface area contributed by atoms with Gasteiger partial charge in [-0.2, -0.15) is 0 Å². The molecule has 0 aliphatic heterocycles. The van der Waals surface area contributed by atoms with Crippen molar-refractivity contribution < 1.29 is 33.6 Å². The number of ketones is 2. The summed E-state index contributed by atoms with van der Waals surface area (Å²) in [5.74, 6) is -0.222. The van der Waals surface area contributed by atoms with E-state index in [0.717, 1.165) is 0 Å². The van der Waals surface area contributed by atoms with Crippen LogP contribution in [0.3, 0.4) is 0 Å². The molecule has 35 heavy (non-hydrogen) atoms. The number of non-ortho nitro benzene ring substituents is 1. The van der Waals surface area contributed by atoms with Crippen LogP contribution in [0.4, 0.5) is 21.0 Å². The zero-order chi connectivity index (χ0) is 26.4. The molecule has 2 N–H and O–H groups in total. The highest BCUT2D eigenvalue weighted by molar-refractivity contribution is 5.93. The van der Waals surface area contributed by atoms with Gasteiger partial charge in [-0.25, -0.2) is 9.59 Å². The molecule has 1 atom stereocenters. The second kappa shape index (κ2) is 14.8. The Morgan fingerprint density at radius 1 is 0.971 bits per heavy atom. The van der Waals surface area contributed by atoms with Gasteiger partial charge in [-0.3, -0.25) is 14.9 Å². The Morgan fingerprint density at radius 2 is 1.57 bits per heavy atom. The van der Waals surface area contributed by atoms with Crippen molar-refractivity contribution in [2.45, 2.75) is 53.2 Å². The third kappa shape index (κ3) is 10.9. The van der Waals surface area contributed by atoms with Crippen LogP contribution < -0.4 is 15.4 Å². The highest BCUT2D eigenvalue weighted by Gasteiger charge is 2.17. The quantitative estimate of drug-likeness (QED) is 0.210. The first kappa shape index (κ1) is 28.8. The van der Waals surface area contributed by atoms with E-state index < -0.39 is 23.2 Å². The van der Waals surface area contributed by atoms with E-state index in [1.807, 2.05) is 13.8 Å². The lowest BCUT2D eigenvalue weighted by Crippen LogP contribution is -2.42. The summed E-state index contributed by atoms with van der Waals surface area (Å²) < 4.78 is 9.94. The molecule has 0 radical (unpaired) electrons. The first-order valence-electron chi connectivity index (χ1n) is 10.9. The van der Waals surface area contributed by atoms with Crippen LogP contribution >= 0.6 is 0 Å². The van der Waals surface area contributed by atoms with Gasteiger partial charge in [0.15, 0.2) is 5.78 Å². The molecule has 0 aliphatic carbocycles. The number of nitro benzene ring substituents is 1. The standard InChI is InChI=1S/C22H23N3O8.C2H6/c1-14(26)3-12-20(15(2)27)24-21(28)23-17-6-4-16(5-7-17)13-32-22(29)33-19-10-8-18(9-11-19)25(30)31;1-2/h4-11,20H,3,12-13H2,1-2H3,(H2,23,24,28);1-2H3. The normalized spacial score (nSPS) is 10.6. The van der Waals surface area contributed by atoms with Gasteiger partial charge in [-0.1, -0.05) is 26.0 Å². The van der Waals surface area contributed by atoms with Gasteiger partial charge < -0.3 is 24.9 Å². The average Bonchev–Trinajstić information content (AvgIpc) is 2.82. The van der Waals surface area contributed by atoms with E-state index in [1.165, 1.54) is 38.1 Å². The maximum atomic E-state index is 12.1. The summed E-state index contributed by atoms with van der Waals surface area (Å²) in [6, 6.07) is 10.0. The molecule has 188 valence electrons. The molecule has 0 bridgehead atoms. The number of anilines is 1. The van der Waals surface area contributed by atoms with E-state index in [1.54, 1.807) is 24.3 Å². The number of Topliss-reactive ketones (excluding diaryl/α,β-unsaturated/α-hetero) is 2. The number of carbonyl (C=O) groups excluding carboxylic acids is 4. The molecule has 0 fully saturated rings. The van der Waals surface area contributed by atoms with Gasteiger partial charge in [0, 0.05) is 24.2 Å². The lowest BCUT2D eigenvalue weighted by molar-refractivity contribution is -0.384. The van der Waals surface area contributed by atoms with Crippen LogP contribution in [0.15, 0.2) is 48.5 Å². The lowest BCUT2D eigenvalue weighted by atomic mass is 10.1. The third-order valence-electron chi connectivity index (χ3n) is 4.40. The second-order valence-corrected chi connectivity index (χ2v) is 7.09. The summed E-state index contributed by atoms with van der Waals surface area (Å²) in [7, 11) is 0. The summed E-state index contributed by atoms with van der Waals surface area (Å²) in [4.78, 5) is 56.7. The zero-order valence-corrected chi connectivity index (χ0v) is 20.0. The van der Waals surface area contributed by atoms with Crippen molar-refractivity contribution >= 4 is 35.1 Å². The second-order valence-electron chi connectivity index (χ2n) is 7.09. The smallest absolute Gasteiger partial charge is 0.429 e. The third-order valence-corrected chi connectivity index (χ3v) is 4.40. The van der Waals surface area contributed by atoms with Crippen LogP contribution in [0.25, 0.3) is 0 Å². The number of hydrogen-bond donors (Lipinski definition) is 2. The minimum atomic E-state index is -0.980. The predicted octanol–water partition coefficient (Wildman–Crippen LogP) is 4.78. The van der Waals surface area contributed by atoms with Crippen molar-refractivity contribution in [1.82, 2.24) is 5.32 Å². The number of hydrogen-bond acceptors (Lipinski definition) is 8. The summed E-state index contributed by atoms with van der Waals surface area (Å²) in [6.07, 6.45) is -0.567. The van der Waals surface area contributed by atoms with Crippen molar-refractivity contribution in [3.05, 3.63) is 64.2 Å². The van der Waals surface area contributed by atoms with Crippen LogP contribution in [0.5, 0.6) is 5.75 Å². The minimum Gasteiger partial charge on any atom is -0.429 e. The van der Waals surface area contributed by atoms with Crippen molar-refractivity contribution in [2.24, 2.45) is 0 Å². The fourth-order valence-corrected chi connectivity index (χ4v) is 2.64. The molecule has 1 unspecified atom stereocenters. The van der Waals surface area contributed by atoms with Crippen molar-refractivity contribution in [1.29, 1.82) is 0 Å². The molecular weight excluding hydrogens is 458 g/mol. The number of nitro groups is 1. The number of carbonyl (C=O) groups is 4. The monoisotopic (exact) mass is 487 g/mol. The minimum absolute atomic E-state index is 0.0714. The van der Waals surface area contributed by atoms with Gasteiger partial charge in [0.2, 0.25) is 0 Å². The van der Waals surface area contributed by atoms with Crippen LogP contribution in [0.2, 0.25) is 0 Å². The fraction of sp³-hybridized carbons (Fsp3) is 0.333. The molecule has 0 spiro atoms. The Bertz CT molecular complexity index is 1020. The molecule has 0 heterocycles. The molecule has 2 amide bonds. The summed E-state index contributed by atoms with van der Waals surface area (Å²) >= 11 is 0. The molecule has 2 aromatic rings. The number of amides is 2. The number of nitrogens with one attached hydrogen (secondary N) is 2. The molecule has 2 rings (SSSR count). The van der Waals surface area contributed by atoms with Crippen LogP contribution in [0, 0.1) is 10.1 Å². The molecule has 0 aliphatic rings. The van der Waals surface area contributed by atoms with Gasteiger partial charge in [-0.05, 0) is 50.1 Å². The van der Waals surface area contributed by atoms with E-state index in [4.69, 9.17) is 9.47 Å². The van der Waals surface area contributed by atoms with E-state index in [2.05, 4.69) is 10.6 Å². The molecule has 11 heteroatoms. The Balaban J connectivity index is 0.00000298. The molecular formula is C24H29N3O8. The summed E-state index contributed by atoms with van der Waals surface area (Å²) in [5.41, 5.74) is 0.925. The first-order valence-corrected chi connectivity index (χ1v) is 10.9. The summed E-state index contributed by atoms with van der Waals surface area (Å²) in [6.45, 7) is 6.65. The topological polar surface area (TPSA) is 154 Å². The fourth-order valence-electron chi connectivity index (χ4n) is 2.64. The number of nitrogens with zero attached hydrogens (tertiary/aromatic N) is 1. The first-order chi connectivity index (χ1) is 16.6. The zero-order valence-electron chi connectivity index (χ0n) is 20.0. The van der Waals surface area contributed by atoms with Gasteiger partial charge in [0.25, 0.3) is 5.69 Å². The number of ether oxygens (including phenoxy) is 2. The van der Waals surface area contributed by atoms with Crippen LogP contribution in [-0.4, -0.2) is 34.7 Å². The molecule has 2 aromatic carbocycles. The Morgan fingerprint density at radius 3 is 2.09 bits per heavy atom. The molecule has 11 nitrogen and oxygen atoms in total. The van der Waals surface area contributed by atoms with E-state index in [0.29, 0.717) is 11.3 Å². The number of rotatable bonds is 10. The highest BCUT2D eigenvalue weighted by Crippen LogP contribution is 2.18. The largest absolute Gasteiger partial charge is 0.514 e. The Kier molecular flexibility index (Phi) is 12.1. The van der Waals surface area contributed by atoms with Gasteiger partial charge in [0.05, 0.1) is 11.0 Å². The van der Waals surface area contributed by atoms with E-state index in [-0.39, 0.29) is 42.5 Å². The number of urea groups is 1. The van der Waals surface area contributed by atoms with E-state index in [9.17, 15) is 29.3 Å². The average molecular weight is 488 g/mol. The van der Waals surface area contributed by atoms with E-state index >= 15 is 0 Å². The SMILES string of the molecule is CC.CC(=O)CCC(NC(=O)Nc1ccc(COC(=O)Oc2ccc([N+](=O)[O-])cc2)cc1)C(C)=O. The van der Waals surface area contributed by atoms with Gasteiger partial charge in [0.1, 0.15) is 18.1 Å². The highest BCUT2D eigenvalue weighted by atomic mass is 16.7. The molecule has 0 saturated carbocycles. The lowest BCUT2D eigenvalue weighted by Gasteiger charge is -2.16. The Hall–Kier alpha value is -4.28. The van der Waals surface area contributed by atoms with Crippen LogP contribution in [-0.2, 0) is 20.9 Å². The van der Waals surface area contributed by atoms with Gasteiger partial charge in [-0.15, -0.1) is 0 Å². The van der Waals surface area contributed by atoms with Crippen LogP contribution in [0.1, 0.15) is 46.1 Å². The number of benzene rings is 2. The maximum absolute atomic E-state index is 12.1.